The molecule has 1 N–H and O–H groups in total. The van der Waals surface area contributed by atoms with Crippen molar-refractivity contribution < 1.29 is 13.5 Å². The Hall–Kier alpha value is -2.24. The maximum Gasteiger partial charge on any atom is 0.267 e. The first-order valence-corrected chi connectivity index (χ1v) is 4.33. The molecular formula is C10H6F2N2O2. The van der Waals surface area contributed by atoms with Gasteiger partial charge in [0.2, 0.25) is 0 Å². The van der Waals surface area contributed by atoms with Gasteiger partial charge in [0.1, 0.15) is 5.82 Å². The molecule has 1 aromatic heterocycles. The second-order valence-electron chi connectivity index (χ2n) is 2.96. The van der Waals surface area contributed by atoms with Gasteiger partial charge in [-0.25, -0.2) is 13.9 Å². The molecule has 0 radical (unpaired) electrons. The largest absolute Gasteiger partial charge is 0.452 e. The van der Waals surface area contributed by atoms with Crippen LogP contribution in [0.4, 0.5) is 8.78 Å². The zero-order valence-corrected chi connectivity index (χ0v) is 7.91. The van der Waals surface area contributed by atoms with E-state index in [4.69, 9.17) is 4.74 Å². The molecule has 2 aromatic rings. The normalized spacial score (nSPS) is 10.1. The average molecular weight is 224 g/mol. The van der Waals surface area contributed by atoms with Crippen molar-refractivity contribution in [2.75, 3.05) is 0 Å². The molecule has 0 atom stereocenters. The van der Waals surface area contributed by atoms with E-state index in [1.165, 1.54) is 6.20 Å². The number of benzene rings is 1. The smallest absolute Gasteiger partial charge is 0.267 e. The van der Waals surface area contributed by atoms with E-state index < -0.39 is 17.2 Å². The summed E-state index contributed by atoms with van der Waals surface area (Å²) in [5.74, 6) is -1.61. The van der Waals surface area contributed by atoms with E-state index in [0.717, 1.165) is 24.3 Å². The molecule has 6 heteroatoms. The minimum absolute atomic E-state index is 0.0354. The quantitative estimate of drug-likeness (QED) is 0.846. The van der Waals surface area contributed by atoms with Crippen LogP contribution in [0.2, 0.25) is 0 Å². The van der Waals surface area contributed by atoms with Crippen molar-refractivity contribution in [2.24, 2.45) is 0 Å². The Morgan fingerprint density at radius 3 is 2.81 bits per heavy atom. The minimum Gasteiger partial charge on any atom is -0.452 e. The zero-order valence-electron chi connectivity index (χ0n) is 7.91. The molecule has 82 valence electrons. The van der Waals surface area contributed by atoms with Gasteiger partial charge in [0.05, 0.1) is 6.20 Å². The Balaban J connectivity index is 2.33. The molecule has 0 spiro atoms. The highest BCUT2D eigenvalue weighted by Gasteiger charge is 2.06. The van der Waals surface area contributed by atoms with Crippen molar-refractivity contribution in [3.8, 4) is 11.5 Å². The van der Waals surface area contributed by atoms with Crippen LogP contribution in [0.3, 0.4) is 0 Å². The average Bonchev–Trinajstić information content (AvgIpc) is 2.24. The van der Waals surface area contributed by atoms with Crippen LogP contribution < -0.4 is 10.3 Å². The van der Waals surface area contributed by atoms with Gasteiger partial charge >= 0.3 is 0 Å². The predicted molar refractivity (Wildman–Crippen MR) is 51.3 cm³/mol. The SMILES string of the molecule is O=c1cc(Oc2cc(F)ccc2F)cn[nH]1. The minimum atomic E-state index is -0.721. The van der Waals surface area contributed by atoms with Gasteiger partial charge in [0.15, 0.2) is 17.3 Å². The lowest BCUT2D eigenvalue weighted by molar-refractivity contribution is 0.433. The third kappa shape index (κ3) is 2.22. The topological polar surface area (TPSA) is 55.0 Å². The number of hydrogen-bond acceptors (Lipinski definition) is 3. The fraction of sp³-hybridized carbons (Fsp3) is 0. The maximum absolute atomic E-state index is 13.2. The highest BCUT2D eigenvalue weighted by atomic mass is 19.1. The molecule has 2 rings (SSSR count). The second kappa shape index (κ2) is 4.09. The number of nitrogens with zero attached hydrogens (tertiary/aromatic N) is 1. The standard InChI is InChI=1S/C10H6F2N2O2/c11-6-1-2-8(12)9(3-6)16-7-4-10(15)14-13-5-7/h1-5H,(H,14,15). The molecule has 0 fully saturated rings. The molecule has 0 aliphatic rings. The Labute approximate surface area is 88.5 Å². The van der Waals surface area contributed by atoms with E-state index >= 15 is 0 Å². The Kier molecular flexibility index (Phi) is 2.63. The molecule has 0 aliphatic heterocycles. The number of hydrogen-bond donors (Lipinski definition) is 1. The number of ether oxygens (including phenoxy) is 1. The van der Waals surface area contributed by atoms with Crippen LogP contribution in [0.5, 0.6) is 11.5 Å². The first kappa shape index (κ1) is 10.3. The van der Waals surface area contributed by atoms with Crippen LogP contribution in [0, 0.1) is 11.6 Å². The fourth-order valence-corrected chi connectivity index (χ4v) is 1.10. The predicted octanol–water partition coefficient (Wildman–Crippen LogP) is 1.84. The summed E-state index contributed by atoms with van der Waals surface area (Å²) in [6, 6.07) is 3.87. The van der Waals surface area contributed by atoms with Crippen molar-refractivity contribution in [1.82, 2.24) is 10.2 Å². The lowest BCUT2D eigenvalue weighted by Crippen LogP contribution is -2.05. The molecule has 0 aliphatic carbocycles. The zero-order chi connectivity index (χ0) is 11.5. The molecule has 0 amide bonds. The van der Waals surface area contributed by atoms with Gasteiger partial charge in [-0.3, -0.25) is 4.79 Å². The molecule has 1 aromatic carbocycles. The van der Waals surface area contributed by atoms with E-state index in [2.05, 4.69) is 10.2 Å². The first-order valence-electron chi connectivity index (χ1n) is 4.33. The van der Waals surface area contributed by atoms with Gasteiger partial charge in [0.25, 0.3) is 5.56 Å². The van der Waals surface area contributed by atoms with Crippen LogP contribution >= 0.6 is 0 Å². The van der Waals surface area contributed by atoms with Crippen LogP contribution in [-0.2, 0) is 0 Å². The molecule has 0 saturated carbocycles. The Morgan fingerprint density at radius 1 is 1.25 bits per heavy atom. The van der Waals surface area contributed by atoms with Crippen LogP contribution in [0.25, 0.3) is 0 Å². The number of nitrogens with one attached hydrogen (secondary N) is 1. The van der Waals surface area contributed by atoms with Gasteiger partial charge in [0, 0.05) is 12.1 Å². The lowest BCUT2D eigenvalue weighted by Gasteiger charge is -2.05. The number of halogens is 2. The van der Waals surface area contributed by atoms with Gasteiger partial charge in [-0.1, -0.05) is 0 Å². The highest BCUT2D eigenvalue weighted by molar-refractivity contribution is 5.30. The number of H-pyrrole nitrogens is 1. The van der Waals surface area contributed by atoms with E-state index in [1.54, 1.807) is 0 Å². The van der Waals surface area contributed by atoms with Crippen molar-refractivity contribution in [3.63, 3.8) is 0 Å². The molecule has 1 heterocycles. The number of aromatic nitrogens is 2. The second-order valence-corrected chi connectivity index (χ2v) is 2.96. The van der Waals surface area contributed by atoms with Gasteiger partial charge in [-0.05, 0) is 12.1 Å². The molecule has 0 saturated heterocycles. The number of aromatic amines is 1. The van der Waals surface area contributed by atoms with E-state index in [9.17, 15) is 13.6 Å². The summed E-state index contributed by atoms with van der Waals surface area (Å²) in [7, 11) is 0. The first-order chi connectivity index (χ1) is 7.65. The van der Waals surface area contributed by atoms with Crippen LogP contribution in [0.15, 0.2) is 35.3 Å². The molecule has 0 bridgehead atoms. The van der Waals surface area contributed by atoms with Crippen molar-refractivity contribution in [1.29, 1.82) is 0 Å². The van der Waals surface area contributed by atoms with Gasteiger partial charge in [-0.2, -0.15) is 5.10 Å². The summed E-state index contributed by atoms with van der Waals surface area (Å²) in [5, 5.41) is 5.58. The number of rotatable bonds is 2. The summed E-state index contributed by atoms with van der Waals surface area (Å²) in [5.41, 5.74) is -0.491. The summed E-state index contributed by atoms with van der Waals surface area (Å²) in [6.45, 7) is 0. The summed E-state index contributed by atoms with van der Waals surface area (Å²) >= 11 is 0. The van der Waals surface area contributed by atoms with Crippen LogP contribution in [-0.4, -0.2) is 10.2 Å². The molecule has 0 unspecified atom stereocenters. The summed E-state index contributed by atoms with van der Waals surface area (Å²) in [4.78, 5) is 10.9. The third-order valence-corrected chi connectivity index (χ3v) is 1.76. The van der Waals surface area contributed by atoms with E-state index in [0.29, 0.717) is 0 Å². The highest BCUT2D eigenvalue weighted by Crippen LogP contribution is 2.23. The van der Waals surface area contributed by atoms with Crippen molar-refractivity contribution >= 4 is 0 Å². The molecule has 16 heavy (non-hydrogen) atoms. The fourth-order valence-electron chi connectivity index (χ4n) is 1.10. The Morgan fingerprint density at radius 2 is 2.06 bits per heavy atom. The third-order valence-electron chi connectivity index (χ3n) is 1.76. The van der Waals surface area contributed by atoms with Crippen LogP contribution in [0.1, 0.15) is 0 Å². The molecule has 4 nitrogen and oxygen atoms in total. The molecular weight excluding hydrogens is 218 g/mol. The lowest BCUT2D eigenvalue weighted by atomic mass is 10.3. The van der Waals surface area contributed by atoms with Gasteiger partial charge < -0.3 is 4.74 Å². The van der Waals surface area contributed by atoms with Crippen molar-refractivity contribution in [3.05, 3.63) is 52.5 Å². The van der Waals surface area contributed by atoms with Crippen molar-refractivity contribution in [2.45, 2.75) is 0 Å². The van der Waals surface area contributed by atoms with E-state index in [1.807, 2.05) is 0 Å². The Bertz CT molecular complexity index is 569. The van der Waals surface area contributed by atoms with Gasteiger partial charge in [-0.15, -0.1) is 0 Å². The monoisotopic (exact) mass is 224 g/mol. The van der Waals surface area contributed by atoms with E-state index in [-0.39, 0.29) is 11.5 Å². The maximum atomic E-state index is 13.2. The summed E-state index contributed by atoms with van der Waals surface area (Å²) in [6.07, 6.45) is 1.19. The summed E-state index contributed by atoms with van der Waals surface area (Å²) < 4.78 is 30.9.